The van der Waals surface area contributed by atoms with Gasteiger partial charge in [-0.3, -0.25) is 0 Å². The second-order valence-electron chi connectivity index (χ2n) is 15.3. The Kier molecular flexibility index (Phi) is 10.1. The zero-order valence-electron chi connectivity index (χ0n) is 33.9. The summed E-state index contributed by atoms with van der Waals surface area (Å²) < 4.78 is 93.6. The molecular weight excluding hydrogens is 833 g/mol. The average Bonchev–Trinajstić information content (AvgIpc) is 3.66. The lowest BCUT2D eigenvalue weighted by atomic mass is 9.88. The van der Waals surface area contributed by atoms with E-state index >= 15 is 26.3 Å². The first kappa shape index (κ1) is 40.7. The van der Waals surface area contributed by atoms with Gasteiger partial charge in [0.25, 0.3) is 0 Å². The van der Waals surface area contributed by atoms with Gasteiger partial charge in [0.05, 0.1) is 34.4 Å². The zero-order chi connectivity index (χ0) is 44.9. The van der Waals surface area contributed by atoms with E-state index < -0.39 is 23.5 Å². The molecule has 8 aromatic carbocycles. The summed E-state index contributed by atoms with van der Waals surface area (Å²) in [5, 5.41) is 1.42. The quantitative estimate of drug-likeness (QED) is 0.118. The molecule has 0 aliphatic rings. The van der Waals surface area contributed by atoms with Crippen molar-refractivity contribution in [2.45, 2.75) is 12.4 Å². The summed E-state index contributed by atoms with van der Waals surface area (Å²) in [6, 6.07) is 51.4. The van der Waals surface area contributed by atoms with Gasteiger partial charge in [-0.25, -0.2) is 19.8 Å². The van der Waals surface area contributed by atoms with Crippen LogP contribution in [0.2, 0.25) is 0 Å². The summed E-state index contributed by atoms with van der Waals surface area (Å²) in [4.78, 5) is 18.0. The summed E-state index contributed by atoms with van der Waals surface area (Å²) in [6.07, 6.45) is -9.72. The number of benzene rings is 8. The number of hydrogen-bond acceptors (Lipinski definition) is 3. The van der Waals surface area contributed by atoms with Crippen molar-refractivity contribution in [1.29, 1.82) is 0 Å². The minimum absolute atomic E-state index is 0.00759. The number of alkyl halides is 6. The number of halogens is 6. The van der Waals surface area contributed by atoms with Crippen LogP contribution in [-0.2, 0) is 12.4 Å². The minimum atomic E-state index is -4.86. The van der Waals surface area contributed by atoms with Crippen LogP contribution in [0, 0.1) is 6.57 Å². The fourth-order valence-corrected chi connectivity index (χ4v) is 8.40. The van der Waals surface area contributed by atoms with Crippen LogP contribution < -0.4 is 0 Å². The Labute approximate surface area is 368 Å². The Morgan fingerprint density at radius 1 is 0.385 bits per heavy atom. The Bertz CT molecular complexity index is 3330. The predicted molar refractivity (Wildman–Crippen MR) is 243 cm³/mol. The van der Waals surface area contributed by atoms with E-state index in [1.54, 1.807) is 28.8 Å². The molecule has 0 unspecified atom stereocenters. The first-order chi connectivity index (χ1) is 31.5. The average molecular weight is 864 g/mol. The summed E-state index contributed by atoms with van der Waals surface area (Å²) in [5.74, 6) is 0.557. The summed E-state index contributed by atoms with van der Waals surface area (Å²) in [6.45, 7) is 7.40. The van der Waals surface area contributed by atoms with Crippen molar-refractivity contribution < 1.29 is 26.3 Å². The summed E-state index contributed by atoms with van der Waals surface area (Å²) in [5.41, 5.74) is 2.18. The highest BCUT2D eigenvalue weighted by Gasteiger charge is 2.37. The van der Waals surface area contributed by atoms with Crippen LogP contribution in [0.3, 0.4) is 0 Å². The summed E-state index contributed by atoms with van der Waals surface area (Å²) in [7, 11) is 0. The molecular formula is C54H31F6N5. The van der Waals surface area contributed by atoms with Crippen LogP contribution >= 0.6 is 0 Å². The number of fused-ring (bicyclic) bond motifs is 3. The molecule has 65 heavy (non-hydrogen) atoms. The zero-order valence-corrected chi connectivity index (χ0v) is 33.9. The highest BCUT2D eigenvalue weighted by molar-refractivity contribution is 6.12. The molecule has 10 rings (SSSR count). The smallest absolute Gasteiger partial charge is 0.308 e. The molecule has 0 spiro atoms. The summed E-state index contributed by atoms with van der Waals surface area (Å²) >= 11 is 0. The monoisotopic (exact) mass is 863 g/mol. The van der Waals surface area contributed by atoms with E-state index in [0.717, 1.165) is 23.3 Å². The second-order valence-corrected chi connectivity index (χ2v) is 15.3. The molecule has 0 radical (unpaired) electrons. The molecule has 0 atom stereocenters. The molecule has 0 N–H and O–H groups in total. The SMILES string of the molecule is [C-]#[N+]c1ccc(-c2ccc3c(c2)c2ccccc2n3-c2c(-c3ccccc3C(F)(F)F)cc(-c3nc(-c4ccccc4)nc(-c4ccccc4)n3)cc2-c2ccccc2C(F)(F)F)cc1. The lowest BCUT2D eigenvalue weighted by Crippen LogP contribution is -2.11. The number of para-hydroxylation sites is 1. The second kappa shape index (κ2) is 16.1. The number of aromatic nitrogens is 4. The van der Waals surface area contributed by atoms with Gasteiger partial charge >= 0.3 is 12.4 Å². The van der Waals surface area contributed by atoms with E-state index in [4.69, 9.17) is 21.5 Å². The van der Waals surface area contributed by atoms with Crippen molar-refractivity contribution in [3.05, 3.63) is 211 Å². The van der Waals surface area contributed by atoms with Crippen molar-refractivity contribution >= 4 is 27.5 Å². The van der Waals surface area contributed by atoms with Crippen LogP contribution in [0.1, 0.15) is 11.1 Å². The maximum absolute atomic E-state index is 15.3. The van der Waals surface area contributed by atoms with Crippen LogP contribution in [0.15, 0.2) is 188 Å². The standard InChI is InChI=1S/C54H31F6N5/c1-61-38-27-24-33(25-28-38)36-26-29-48-42(30-36)41-20-10-13-23-47(41)65(48)49-43(39-18-8-11-21-45(39)53(55,56)57)31-37(32-44(49)40-19-9-12-22-46(40)54(58,59)60)52-63-50(34-14-4-2-5-15-34)62-51(64-52)35-16-6-3-7-17-35/h2-32H. The normalized spacial score (nSPS) is 11.8. The largest absolute Gasteiger partial charge is 0.417 e. The van der Waals surface area contributed by atoms with Crippen molar-refractivity contribution in [3.63, 3.8) is 0 Å². The van der Waals surface area contributed by atoms with Crippen LogP contribution in [0.4, 0.5) is 32.0 Å². The molecule has 2 heterocycles. The fraction of sp³-hybridized carbons (Fsp3) is 0.0370. The fourth-order valence-electron chi connectivity index (χ4n) is 8.40. The number of hydrogen-bond donors (Lipinski definition) is 0. The van der Waals surface area contributed by atoms with E-state index in [0.29, 0.717) is 38.6 Å². The number of nitrogens with zero attached hydrogens (tertiary/aromatic N) is 5. The third-order valence-electron chi connectivity index (χ3n) is 11.3. The molecule has 314 valence electrons. The van der Waals surface area contributed by atoms with E-state index in [9.17, 15) is 0 Å². The van der Waals surface area contributed by atoms with Gasteiger partial charge in [-0.15, -0.1) is 0 Å². The maximum Gasteiger partial charge on any atom is 0.417 e. The first-order valence-corrected chi connectivity index (χ1v) is 20.4. The third kappa shape index (κ3) is 7.55. The Morgan fingerprint density at radius 3 is 1.35 bits per heavy atom. The molecule has 0 aliphatic heterocycles. The molecule has 0 saturated carbocycles. The first-order valence-electron chi connectivity index (χ1n) is 20.4. The molecule has 10 aromatic rings. The molecule has 0 bridgehead atoms. The van der Waals surface area contributed by atoms with Gasteiger partial charge in [-0.2, -0.15) is 26.3 Å². The van der Waals surface area contributed by atoms with Crippen LogP contribution in [0.25, 0.3) is 99.9 Å². The maximum atomic E-state index is 15.3. The van der Waals surface area contributed by atoms with Gasteiger partial charge in [0.1, 0.15) is 0 Å². The Balaban J connectivity index is 1.36. The van der Waals surface area contributed by atoms with Gasteiger partial charge in [-0.1, -0.05) is 146 Å². The van der Waals surface area contributed by atoms with Gasteiger partial charge in [-0.05, 0) is 64.7 Å². The van der Waals surface area contributed by atoms with Gasteiger partial charge in [0, 0.05) is 38.6 Å². The molecule has 0 fully saturated rings. The van der Waals surface area contributed by atoms with Gasteiger partial charge in [0.15, 0.2) is 23.2 Å². The molecule has 2 aromatic heterocycles. The molecule has 0 aliphatic carbocycles. The van der Waals surface area contributed by atoms with Gasteiger partial charge < -0.3 is 4.57 Å². The number of rotatable bonds is 7. The highest BCUT2D eigenvalue weighted by atomic mass is 19.4. The molecule has 5 nitrogen and oxygen atoms in total. The van der Waals surface area contributed by atoms with Crippen molar-refractivity contribution in [2.75, 3.05) is 0 Å². The lowest BCUT2D eigenvalue weighted by Gasteiger charge is -2.24. The van der Waals surface area contributed by atoms with Crippen LogP contribution in [-0.4, -0.2) is 19.5 Å². The molecule has 11 heteroatoms. The lowest BCUT2D eigenvalue weighted by molar-refractivity contribution is -0.137. The Hall–Kier alpha value is -8.36. The van der Waals surface area contributed by atoms with Crippen LogP contribution in [0.5, 0.6) is 0 Å². The van der Waals surface area contributed by atoms with Crippen molar-refractivity contribution in [3.8, 4) is 73.2 Å². The third-order valence-corrected chi connectivity index (χ3v) is 11.3. The predicted octanol–water partition coefficient (Wildman–Crippen LogP) is 15.6. The molecule has 0 saturated heterocycles. The van der Waals surface area contributed by atoms with E-state index in [-0.39, 0.29) is 51.0 Å². The van der Waals surface area contributed by atoms with Gasteiger partial charge in [0.2, 0.25) is 0 Å². The highest BCUT2D eigenvalue weighted by Crippen LogP contribution is 2.49. The minimum Gasteiger partial charge on any atom is -0.308 e. The van der Waals surface area contributed by atoms with E-state index in [1.165, 1.54) is 48.5 Å². The molecule has 0 amide bonds. The van der Waals surface area contributed by atoms with Crippen molar-refractivity contribution in [2.24, 2.45) is 0 Å². The Morgan fingerprint density at radius 2 is 0.831 bits per heavy atom. The van der Waals surface area contributed by atoms with E-state index in [1.807, 2.05) is 103 Å². The van der Waals surface area contributed by atoms with E-state index in [2.05, 4.69) is 4.85 Å². The van der Waals surface area contributed by atoms with Crippen molar-refractivity contribution in [1.82, 2.24) is 19.5 Å². The topological polar surface area (TPSA) is 48.0 Å².